The minimum Gasteiger partial charge on any atom is -0.335 e. The summed E-state index contributed by atoms with van der Waals surface area (Å²) in [5, 5.41) is 0.899. The monoisotopic (exact) mass is 388 g/mol. The first-order valence-corrected chi connectivity index (χ1v) is 10.00. The number of aromatic nitrogens is 2. The van der Waals surface area contributed by atoms with Crippen molar-refractivity contribution >= 4 is 22.8 Å². The van der Waals surface area contributed by atoms with Crippen LogP contribution in [-0.4, -0.2) is 50.7 Å². The molecule has 4 rings (SSSR count). The number of amides is 2. The topological polar surface area (TPSA) is 66.4 Å². The van der Waals surface area contributed by atoms with Crippen LogP contribution in [0.5, 0.6) is 0 Å². The summed E-state index contributed by atoms with van der Waals surface area (Å²) in [6.45, 7) is 3.54. The summed E-state index contributed by atoms with van der Waals surface area (Å²) in [5.74, 6) is -0.0606. The van der Waals surface area contributed by atoms with Gasteiger partial charge >= 0.3 is 0 Å². The molecule has 0 saturated carbocycles. The molecular formula is C23H24N4O2. The molecule has 0 spiro atoms. The van der Waals surface area contributed by atoms with Gasteiger partial charge < -0.3 is 9.80 Å². The highest BCUT2D eigenvalue weighted by Gasteiger charge is 2.31. The Kier molecular flexibility index (Phi) is 5.51. The molecule has 1 fully saturated rings. The maximum Gasteiger partial charge on any atom is 0.272 e. The van der Waals surface area contributed by atoms with E-state index in [1.54, 1.807) is 17.2 Å². The number of benzene rings is 1. The Morgan fingerprint density at radius 3 is 2.72 bits per heavy atom. The molecule has 0 radical (unpaired) electrons. The van der Waals surface area contributed by atoms with Crippen LogP contribution >= 0.6 is 0 Å². The van der Waals surface area contributed by atoms with E-state index in [2.05, 4.69) is 16.9 Å². The van der Waals surface area contributed by atoms with Crippen LogP contribution in [-0.2, 0) is 11.3 Å². The summed E-state index contributed by atoms with van der Waals surface area (Å²) in [4.78, 5) is 38.3. The second kappa shape index (κ2) is 8.39. The Labute approximate surface area is 170 Å². The van der Waals surface area contributed by atoms with E-state index in [-0.39, 0.29) is 17.9 Å². The molecule has 0 bridgehead atoms. The zero-order chi connectivity index (χ0) is 20.2. The molecule has 148 valence electrons. The quantitative estimate of drug-likeness (QED) is 0.688. The zero-order valence-electron chi connectivity index (χ0n) is 16.5. The molecule has 3 heterocycles. The lowest BCUT2D eigenvalue weighted by atomic mass is 10.1. The number of hydrogen-bond donors (Lipinski definition) is 0. The standard InChI is InChI=1S/C23H24N4O2/c1-2-19-16-26(14-12-21(28)27(19)15-17-7-4-3-5-8-17)23(29)20-11-10-18-9-6-13-24-22(18)25-20/h3-11,13,19H,2,12,14-16H2,1H3/t19-/m1/s1. The van der Waals surface area contributed by atoms with Gasteiger partial charge in [-0.15, -0.1) is 0 Å². The molecule has 1 aliphatic rings. The minimum atomic E-state index is -0.148. The Morgan fingerprint density at radius 2 is 1.93 bits per heavy atom. The predicted octanol–water partition coefficient (Wildman–Crippen LogP) is 3.28. The smallest absolute Gasteiger partial charge is 0.272 e. The normalized spacial score (nSPS) is 17.4. The van der Waals surface area contributed by atoms with Crippen LogP contribution in [0.15, 0.2) is 60.8 Å². The lowest BCUT2D eigenvalue weighted by molar-refractivity contribution is -0.133. The summed E-state index contributed by atoms with van der Waals surface area (Å²) in [6.07, 6.45) is 2.78. The fourth-order valence-electron chi connectivity index (χ4n) is 3.79. The molecule has 0 aliphatic carbocycles. The highest BCUT2D eigenvalue weighted by atomic mass is 16.2. The van der Waals surface area contributed by atoms with E-state index >= 15 is 0 Å². The van der Waals surface area contributed by atoms with Crippen LogP contribution in [0.3, 0.4) is 0 Å². The summed E-state index contributed by atoms with van der Waals surface area (Å²) < 4.78 is 0. The molecule has 1 aliphatic heterocycles. The van der Waals surface area contributed by atoms with Crippen molar-refractivity contribution in [1.82, 2.24) is 19.8 Å². The number of fused-ring (bicyclic) bond motifs is 1. The summed E-state index contributed by atoms with van der Waals surface area (Å²) in [7, 11) is 0. The van der Waals surface area contributed by atoms with Gasteiger partial charge in [0.15, 0.2) is 5.65 Å². The number of carbonyl (C=O) groups is 2. The zero-order valence-corrected chi connectivity index (χ0v) is 16.5. The van der Waals surface area contributed by atoms with Crippen LogP contribution < -0.4 is 0 Å². The fourth-order valence-corrected chi connectivity index (χ4v) is 3.79. The average molecular weight is 388 g/mol. The third-order valence-corrected chi connectivity index (χ3v) is 5.43. The van der Waals surface area contributed by atoms with Crippen LogP contribution in [0, 0.1) is 0 Å². The third-order valence-electron chi connectivity index (χ3n) is 5.43. The largest absolute Gasteiger partial charge is 0.335 e. The van der Waals surface area contributed by atoms with E-state index in [1.807, 2.05) is 53.4 Å². The second-order valence-electron chi connectivity index (χ2n) is 7.32. The van der Waals surface area contributed by atoms with Gasteiger partial charge in [-0.2, -0.15) is 0 Å². The molecule has 0 unspecified atom stereocenters. The van der Waals surface area contributed by atoms with Crippen LogP contribution in [0.25, 0.3) is 11.0 Å². The molecule has 1 saturated heterocycles. The van der Waals surface area contributed by atoms with Crippen molar-refractivity contribution < 1.29 is 9.59 Å². The average Bonchev–Trinajstić information content (AvgIpc) is 2.92. The molecule has 2 amide bonds. The third kappa shape index (κ3) is 4.11. The van der Waals surface area contributed by atoms with Crippen LogP contribution in [0.1, 0.15) is 35.8 Å². The van der Waals surface area contributed by atoms with Gasteiger partial charge in [-0.1, -0.05) is 37.3 Å². The number of rotatable bonds is 4. The number of nitrogens with zero attached hydrogens (tertiary/aromatic N) is 4. The van der Waals surface area contributed by atoms with E-state index in [1.165, 1.54) is 0 Å². The van der Waals surface area contributed by atoms with Gasteiger partial charge in [0.05, 0.1) is 0 Å². The Bertz CT molecular complexity index is 1020. The summed E-state index contributed by atoms with van der Waals surface area (Å²) >= 11 is 0. The van der Waals surface area contributed by atoms with Crippen molar-refractivity contribution in [1.29, 1.82) is 0 Å². The first-order chi connectivity index (χ1) is 14.2. The molecule has 0 N–H and O–H groups in total. The summed E-state index contributed by atoms with van der Waals surface area (Å²) in [5.41, 5.74) is 2.03. The molecule has 1 atom stereocenters. The fraction of sp³-hybridized carbons (Fsp3) is 0.304. The SMILES string of the molecule is CC[C@@H]1CN(C(=O)c2ccc3cccnc3n2)CCC(=O)N1Cc1ccccc1. The van der Waals surface area contributed by atoms with E-state index in [9.17, 15) is 9.59 Å². The van der Waals surface area contributed by atoms with E-state index in [0.29, 0.717) is 37.4 Å². The maximum atomic E-state index is 13.1. The lowest BCUT2D eigenvalue weighted by Gasteiger charge is -2.31. The molecule has 1 aromatic carbocycles. The van der Waals surface area contributed by atoms with E-state index < -0.39 is 0 Å². The molecule has 29 heavy (non-hydrogen) atoms. The van der Waals surface area contributed by atoms with Gasteiger partial charge in [0.2, 0.25) is 5.91 Å². The van der Waals surface area contributed by atoms with Gasteiger partial charge in [0, 0.05) is 43.7 Å². The van der Waals surface area contributed by atoms with Gasteiger partial charge in [-0.25, -0.2) is 9.97 Å². The highest BCUT2D eigenvalue weighted by Crippen LogP contribution is 2.19. The number of hydrogen-bond acceptors (Lipinski definition) is 4. The van der Waals surface area contributed by atoms with Crippen molar-refractivity contribution in [3.63, 3.8) is 0 Å². The molecule has 6 heteroatoms. The highest BCUT2D eigenvalue weighted by molar-refractivity contribution is 5.95. The van der Waals surface area contributed by atoms with Crippen molar-refractivity contribution in [2.75, 3.05) is 13.1 Å². The van der Waals surface area contributed by atoms with Gasteiger partial charge in [-0.3, -0.25) is 9.59 Å². The first kappa shape index (κ1) is 19.1. The maximum absolute atomic E-state index is 13.1. The molecule has 2 aromatic heterocycles. The van der Waals surface area contributed by atoms with Gasteiger partial charge in [0.25, 0.3) is 5.91 Å². The van der Waals surface area contributed by atoms with Crippen molar-refractivity contribution in [2.45, 2.75) is 32.4 Å². The Morgan fingerprint density at radius 1 is 1.10 bits per heavy atom. The van der Waals surface area contributed by atoms with Crippen molar-refractivity contribution in [3.05, 3.63) is 72.1 Å². The second-order valence-corrected chi connectivity index (χ2v) is 7.32. The molecule has 3 aromatic rings. The number of carbonyl (C=O) groups excluding carboxylic acids is 2. The van der Waals surface area contributed by atoms with Gasteiger partial charge in [0.1, 0.15) is 5.69 Å². The Balaban J connectivity index is 1.55. The van der Waals surface area contributed by atoms with E-state index in [0.717, 1.165) is 17.4 Å². The van der Waals surface area contributed by atoms with Crippen molar-refractivity contribution in [3.8, 4) is 0 Å². The minimum absolute atomic E-state index is 0.0206. The van der Waals surface area contributed by atoms with E-state index in [4.69, 9.17) is 0 Å². The Hall–Kier alpha value is -3.28. The number of pyridine rings is 2. The van der Waals surface area contributed by atoms with Gasteiger partial charge in [-0.05, 0) is 36.2 Å². The lowest BCUT2D eigenvalue weighted by Crippen LogP contribution is -2.43. The van der Waals surface area contributed by atoms with Crippen molar-refractivity contribution in [2.24, 2.45) is 0 Å². The summed E-state index contributed by atoms with van der Waals surface area (Å²) in [6, 6.07) is 17.3. The first-order valence-electron chi connectivity index (χ1n) is 10.00. The van der Waals surface area contributed by atoms with Crippen LogP contribution in [0.4, 0.5) is 0 Å². The molecular weight excluding hydrogens is 364 g/mol. The van der Waals surface area contributed by atoms with Crippen LogP contribution in [0.2, 0.25) is 0 Å². The predicted molar refractivity (Wildman–Crippen MR) is 111 cm³/mol. The molecule has 6 nitrogen and oxygen atoms in total.